The van der Waals surface area contributed by atoms with Gasteiger partial charge in [-0.05, 0) is 26.2 Å². The van der Waals surface area contributed by atoms with Crippen LogP contribution in [-0.2, 0) is 6.54 Å². The third kappa shape index (κ3) is 3.55. The fourth-order valence-corrected chi connectivity index (χ4v) is 1.86. The normalized spacial score (nSPS) is 10.6. The van der Waals surface area contributed by atoms with Crippen molar-refractivity contribution in [1.29, 1.82) is 0 Å². The van der Waals surface area contributed by atoms with Crippen molar-refractivity contribution in [2.45, 2.75) is 6.54 Å². The van der Waals surface area contributed by atoms with Crippen LogP contribution in [0.3, 0.4) is 0 Å². The van der Waals surface area contributed by atoms with E-state index in [1.54, 1.807) is 12.1 Å². The van der Waals surface area contributed by atoms with Gasteiger partial charge in [0, 0.05) is 18.2 Å². The van der Waals surface area contributed by atoms with E-state index in [-0.39, 0.29) is 5.69 Å². The second-order valence-corrected chi connectivity index (χ2v) is 4.70. The van der Waals surface area contributed by atoms with Gasteiger partial charge < -0.3 is 9.64 Å². The van der Waals surface area contributed by atoms with Crippen molar-refractivity contribution < 1.29 is 9.66 Å². The molecule has 2 rings (SSSR count). The molecule has 0 heterocycles. The van der Waals surface area contributed by atoms with Crippen LogP contribution < -0.4 is 4.74 Å². The third-order valence-corrected chi connectivity index (χ3v) is 2.72. The first-order valence-corrected chi connectivity index (χ1v) is 6.21. The van der Waals surface area contributed by atoms with Crippen LogP contribution in [0.15, 0.2) is 48.5 Å². The van der Waals surface area contributed by atoms with Gasteiger partial charge in [-0.3, -0.25) is 10.1 Å². The molecule has 2 aromatic carbocycles. The van der Waals surface area contributed by atoms with Gasteiger partial charge in [-0.15, -0.1) is 0 Å². The van der Waals surface area contributed by atoms with Crippen molar-refractivity contribution in [3.8, 4) is 11.5 Å². The van der Waals surface area contributed by atoms with E-state index in [9.17, 15) is 10.1 Å². The van der Waals surface area contributed by atoms with Crippen LogP contribution in [0.5, 0.6) is 11.5 Å². The van der Waals surface area contributed by atoms with Crippen molar-refractivity contribution in [2.24, 2.45) is 0 Å². The molecule has 2 aromatic rings. The zero-order valence-corrected chi connectivity index (χ0v) is 11.4. The van der Waals surface area contributed by atoms with Crippen LogP contribution in [0.4, 0.5) is 5.69 Å². The number of ether oxygens (including phenoxy) is 1. The van der Waals surface area contributed by atoms with E-state index in [1.807, 2.05) is 43.3 Å². The van der Waals surface area contributed by atoms with Crippen LogP contribution in [0, 0.1) is 10.1 Å². The van der Waals surface area contributed by atoms with Crippen LogP contribution >= 0.6 is 0 Å². The molecule has 0 aromatic heterocycles. The van der Waals surface area contributed by atoms with Gasteiger partial charge in [0.25, 0.3) is 5.69 Å². The average Bonchev–Trinajstić information content (AvgIpc) is 2.41. The number of hydrogen-bond donors (Lipinski definition) is 0. The smallest absolute Gasteiger partial charge is 0.273 e. The average molecular weight is 272 g/mol. The van der Waals surface area contributed by atoms with E-state index in [1.165, 1.54) is 12.1 Å². The lowest BCUT2D eigenvalue weighted by molar-refractivity contribution is -0.384. The summed E-state index contributed by atoms with van der Waals surface area (Å²) < 4.78 is 5.77. The Morgan fingerprint density at radius 2 is 1.90 bits per heavy atom. The van der Waals surface area contributed by atoms with E-state index in [0.717, 1.165) is 12.1 Å². The molecule has 0 saturated carbocycles. The molecule has 0 fully saturated rings. The largest absolute Gasteiger partial charge is 0.457 e. The minimum Gasteiger partial charge on any atom is -0.457 e. The highest BCUT2D eigenvalue weighted by Gasteiger charge is 2.09. The fourth-order valence-electron chi connectivity index (χ4n) is 1.86. The Labute approximate surface area is 117 Å². The summed E-state index contributed by atoms with van der Waals surface area (Å²) in [6, 6.07) is 13.8. The SMILES string of the molecule is CN(C)Cc1ccccc1Oc1cccc([N+](=O)[O-])c1. The third-order valence-electron chi connectivity index (χ3n) is 2.72. The van der Waals surface area contributed by atoms with E-state index >= 15 is 0 Å². The van der Waals surface area contributed by atoms with Gasteiger partial charge in [-0.1, -0.05) is 24.3 Å². The summed E-state index contributed by atoms with van der Waals surface area (Å²) in [5.74, 6) is 1.17. The van der Waals surface area contributed by atoms with Crippen LogP contribution in [0.1, 0.15) is 5.56 Å². The molecule has 104 valence electrons. The van der Waals surface area contributed by atoms with Crippen molar-refractivity contribution in [2.75, 3.05) is 14.1 Å². The van der Waals surface area contributed by atoms with Crippen molar-refractivity contribution in [1.82, 2.24) is 4.90 Å². The van der Waals surface area contributed by atoms with Crippen molar-refractivity contribution in [3.63, 3.8) is 0 Å². The van der Waals surface area contributed by atoms with Gasteiger partial charge >= 0.3 is 0 Å². The lowest BCUT2D eigenvalue weighted by Gasteiger charge is -2.14. The Kier molecular flexibility index (Phi) is 4.32. The van der Waals surface area contributed by atoms with Gasteiger partial charge in [0.15, 0.2) is 0 Å². The number of para-hydroxylation sites is 1. The summed E-state index contributed by atoms with van der Waals surface area (Å²) >= 11 is 0. The summed E-state index contributed by atoms with van der Waals surface area (Å²) in [6.45, 7) is 0.741. The second kappa shape index (κ2) is 6.16. The maximum atomic E-state index is 10.8. The minimum absolute atomic E-state index is 0.0209. The van der Waals surface area contributed by atoms with E-state index in [2.05, 4.69) is 0 Å². The van der Waals surface area contributed by atoms with Crippen LogP contribution in [-0.4, -0.2) is 23.9 Å². The van der Waals surface area contributed by atoms with Gasteiger partial charge in [0.1, 0.15) is 11.5 Å². The molecule has 5 heteroatoms. The maximum Gasteiger partial charge on any atom is 0.273 e. The Bertz CT molecular complexity index is 612. The molecule has 0 aliphatic rings. The highest BCUT2D eigenvalue weighted by atomic mass is 16.6. The molecule has 0 bridgehead atoms. The number of nitro groups is 1. The Morgan fingerprint density at radius 1 is 1.15 bits per heavy atom. The number of benzene rings is 2. The fraction of sp³-hybridized carbons (Fsp3) is 0.200. The van der Waals surface area contributed by atoms with Crippen LogP contribution in [0.25, 0.3) is 0 Å². The number of rotatable bonds is 5. The Hall–Kier alpha value is -2.40. The molecule has 0 radical (unpaired) electrons. The zero-order valence-electron chi connectivity index (χ0n) is 11.4. The summed E-state index contributed by atoms with van der Waals surface area (Å²) in [5.41, 5.74) is 1.05. The monoisotopic (exact) mass is 272 g/mol. The van der Waals surface area contributed by atoms with E-state index in [4.69, 9.17) is 4.74 Å². The number of hydrogen-bond acceptors (Lipinski definition) is 4. The summed E-state index contributed by atoms with van der Waals surface area (Å²) in [7, 11) is 3.95. The van der Waals surface area contributed by atoms with Gasteiger partial charge in [-0.2, -0.15) is 0 Å². The number of nitro benzene ring substituents is 1. The minimum atomic E-state index is -0.432. The lowest BCUT2D eigenvalue weighted by Crippen LogP contribution is -2.11. The first kappa shape index (κ1) is 14.0. The Balaban J connectivity index is 2.25. The molecule has 0 atom stereocenters. The van der Waals surface area contributed by atoms with Crippen LogP contribution in [0.2, 0.25) is 0 Å². The molecule has 0 unspecified atom stereocenters. The quantitative estimate of drug-likeness (QED) is 0.618. The highest BCUT2D eigenvalue weighted by molar-refractivity contribution is 5.42. The predicted molar refractivity (Wildman–Crippen MR) is 77.0 cm³/mol. The molecular formula is C15H16N2O3. The maximum absolute atomic E-state index is 10.8. The first-order chi connectivity index (χ1) is 9.56. The number of nitrogens with zero attached hydrogens (tertiary/aromatic N) is 2. The topological polar surface area (TPSA) is 55.6 Å². The number of non-ortho nitro benzene ring substituents is 1. The van der Waals surface area contributed by atoms with Crippen molar-refractivity contribution in [3.05, 3.63) is 64.2 Å². The molecule has 5 nitrogen and oxygen atoms in total. The molecular weight excluding hydrogens is 256 g/mol. The summed E-state index contributed by atoms with van der Waals surface area (Å²) in [4.78, 5) is 12.4. The molecule has 0 amide bonds. The molecule has 0 aliphatic carbocycles. The van der Waals surface area contributed by atoms with E-state index in [0.29, 0.717) is 11.5 Å². The summed E-state index contributed by atoms with van der Waals surface area (Å²) in [5, 5.41) is 10.8. The van der Waals surface area contributed by atoms with Gasteiger partial charge in [0.2, 0.25) is 0 Å². The van der Waals surface area contributed by atoms with E-state index < -0.39 is 4.92 Å². The standard InChI is InChI=1S/C15H16N2O3/c1-16(2)11-12-6-3-4-9-15(12)20-14-8-5-7-13(10-14)17(18)19/h3-10H,11H2,1-2H3. The highest BCUT2D eigenvalue weighted by Crippen LogP contribution is 2.28. The zero-order chi connectivity index (χ0) is 14.5. The predicted octanol–water partition coefficient (Wildman–Crippen LogP) is 3.45. The molecule has 0 aliphatic heterocycles. The second-order valence-electron chi connectivity index (χ2n) is 4.70. The molecule has 0 N–H and O–H groups in total. The molecule has 0 spiro atoms. The molecule has 20 heavy (non-hydrogen) atoms. The molecule has 0 saturated heterocycles. The van der Waals surface area contributed by atoms with Gasteiger partial charge in [0.05, 0.1) is 11.0 Å². The summed E-state index contributed by atoms with van der Waals surface area (Å²) in [6.07, 6.45) is 0. The lowest BCUT2D eigenvalue weighted by atomic mass is 10.2. The van der Waals surface area contributed by atoms with Gasteiger partial charge in [-0.25, -0.2) is 0 Å². The van der Waals surface area contributed by atoms with Crippen molar-refractivity contribution >= 4 is 5.69 Å². The first-order valence-electron chi connectivity index (χ1n) is 6.21. The Morgan fingerprint density at radius 3 is 2.60 bits per heavy atom.